The maximum Gasteiger partial charge on any atom is 1.00 e. The molecule has 8 aromatic rings. The standard InChI is InChI=1S/C31H29F3N4O4.C29H27F3N4O3.C4H6O2.CH3BN.CH4.Na/c1-19-5-8-27(42-17-20-6-7-22-16-37(11-9-21(22)14-20)23-10-12-41-18-23)24(13-19)26-3-2-4-28(36-26)38-29(31(32,33)34)25(15-35-38)30(39)40;1-3-38-28(37)23-16-34-36(27(23)29(30,31)32)26-6-4-5-24(35-26)22-13-18(2)7-10-25(22)39-17-19-8-9-21-15-33-12-11-20(21)14-19;5-4-1-2-6-3-4;2-1-3;;/h2-8,13-15,23H,9-12,16-18H2,1H3,(H,39,40);4-10,13-14,16,33H,3,11-12,15,17H2,1-2H3;1-3H2;2H3;1H4;/q;;;-1;;+1. The number of nitrogens with one attached hydrogen (secondary N) is 1. The van der Waals surface area contributed by atoms with Crippen molar-refractivity contribution in [2.24, 2.45) is 0 Å². The van der Waals surface area contributed by atoms with E-state index in [0.29, 0.717) is 88.5 Å². The summed E-state index contributed by atoms with van der Waals surface area (Å²) in [7, 11) is 0.0694. The summed E-state index contributed by atoms with van der Waals surface area (Å²) in [6, 6.07) is 33.6. The summed E-state index contributed by atoms with van der Waals surface area (Å²) >= 11 is 0. The largest absolute Gasteiger partial charge is 1.00 e. The minimum Gasteiger partial charge on any atom is -0.488 e. The average Bonchev–Trinajstić information content (AvgIpc) is 1.57. The molecule has 1 atom stereocenters. The number of halogens is 6. The first-order valence-corrected chi connectivity index (χ1v) is 28.5. The Morgan fingerprint density at radius 3 is 1.76 bits per heavy atom. The van der Waals surface area contributed by atoms with E-state index >= 15 is 0 Å². The predicted octanol–water partition coefficient (Wildman–Crippen LogP) is 7.80. The first-order valence-electron chi connectivity index (χ1n) is 28.5. The Balaban J connectivity index is 0.000000226. The number of aryl methyl sites for hydroxylation is 2. The molecule has 4 aliphatic heterocycles. The number of nitriles is 1. The summed E-state index contributed by atoms with van der Waals surface area (Å²) < 4.78 is 112. The number of ether oxygens (including phenoxy) is 5. The molecule has 8 heterocycles. The van der Waals surface area contributed by atoms with Gasteiger partial charge in [-0.1, -0.05) is 79.2 Å². The van der Waals surface area contributed by atoms with Gasteiger partial charge in [0.05, 0.1) is 51.4 Å². The number of aromatic carboxylic acids is 1. The third-order valence-electron chi connectivity index (χ3n) is 15.0. The van der Waals surface area contributed by atoms with Gasteiger partial charge in [-0.2, -0.15) is 42.5 Å². The number of rotatable bonds is 14. The van der Waals surface area contributed by atoms with E-state index in [4.69, 9.17) is 28.9 Å². The molecule has 0 saturated carbocycles. The second-order valence-electron chi connectivity index (χ2n) is 21.2. The van der Waals surface area contributed by atoms with Crippen LogP contribution in [0.4, 0.5) is 26.3 Å². The summed E-state index contributed by atoms with van der Waals surface area (Å²) in [5, 5.41) is 27.6. The number of ketones is 1. The van der Waals surface area contributed by atoms with Crippen molar-refractivity contribution in [2.45, 2.75) is 98.6 Å². The zero-order valence-electron chi connectivity index (χ0n) is 49.8. The molecule has 1 unspecified atom stereocenters. The van der Waals surface area contributed by atoms with E-state index in [-0.39, 0.29) is 68.9 Å². The van der Waals surface area contributed by atoms with E-state index < -0.39 is 46.8 Å². The summed E-state index contributed by atoms with van der Waals surface area (Å²) in [4.78, 5) is 45.1. The number of carboxylic acids is 1. The van der Waals surface area contributed by atoms with Crippen LogP contribution < -0.4 is 44.3 Å². The van der Waals surface area contributed by atoms with Crippen LogP contribution in [0.3, 0.4) is 0 Å². The van der Waals surface area contributed by atoms with Gasteiger partial charge in [-0.3, -0.25) is 15.0 Å². The molecule has 4 aromatic carbocycles. The van der Waals surface area contributed by atoms with E-state index in [0.717, 1.165) is 87.1 Å². The number of Topliss-reactive ketones (excluding diaryl/α,β-unsaturated/α-hetero) is 1. The number of aromatic nitrogens is 6. The van der Waals surface area contributed by atoms with Crippen molar-refractivity contribution in [1.82, 2.24) is 39.7 Å². The third kappa shape index (κ3) is 17.9. The Morgan fingerprint density at radius 1 is 0.728 bits per heavy atom. The van der Waals surface area contributed by atoms with Gasteiger partial charge in [-0.25, -0.2) is 28.9 Å². The van der Waals surface area contributed by atoms with Crippen molar-refractivity contribution >= 4 is 25.6 Å². The summed E-state index contributed by atoms with van der Waals surface area (Å²) in [6.07, 6.45) is -4.65. The normalized spacial score (nSPS) is 15.0. The molecule has 26 heteroatoms. The average molecular weight is 1280 g/mol. The molecule has 478 valence electrons. The van der Waals surface area contributed by atoms with E-state index in [2.05, 4.69) is 60.7 Å². The first kappa shape index (κ1) is 71.2. The van der Waals surface area contributed by atoms with Gasteiger partial charge in [0.1, 0.15) is 42.4 Å². The Bertz CT molecular complexity index is 3920. The SMILES string of the molecule is C.CCOC(=O)c1cnn(-c2cccc(-c3cc(C)ccc3OCc3ccc4c(c3)CCNC4)n2)c1C(F)(F)F.Cc1ccc(OCc2ccc3c(c2)CCN(C2CCOC2)C3)c(-c2cccc(-n3ncc(C(=O)O)c3C(F)(F)F)n2)c1.O=C1CCOC1.[BH3-]C#N.[Na+]. The van der Waals surface area contributed by atoms with Crippen LogP contribution in [-0.2, 0) is 70.5 Å². The summed E-state index contributed by atoms with van der Waals surface area (Å²) in [5.74, 6) is 0.238. The van der Waals surface area contributed by atoms with Crippen LogP contribution in [0.25, 0.3) is 34.2 Å². The summed E-state index contributed by atoms with van der Waals surface area (Å²) in [6.45, 7) is 12.2. The molecule has 4 aromatic heterocycles. The number of fused-ring (bicyclic) bond motifs is 2. The van der Waals surface area contributed by atoms with E-state index in [1.165, 1.54) is 41.3 Å². The van der Waals surface area contributed by atoms with Crippen LogP contribution in [0.1, 0.15) is 104 Å². The van der Waals surface area contributed by atoms with Crippen LogP contribution in [0.15, 0.2) is 122 Å². The monoisotopic (exact) mass is 1280 g/mol. The second-order valence-corrected chi connectivity index (χ2v) is 21.2. The number of carbonyl (C=O) groups excluding carboxylic acids is 2. The number of hydrogen-bond acceptors (Lipinski definition) is 15. The smallest absolute Gasteiger partial charge is 0.488 e. The van der Waals surface area contributed by atoms with Gasteiger partial charge in [0.2, 0.25) is 0 Å². The molecule has 0 spiro atoms. The van der Waals surface area contributed by atoms with Crippen molar-refractivity contribution in [1.29, 1.82) is 5.26 Å². The van der Waals surface area contributed by atoms with Crippen molar-refractivity contribution in [2.75, 3.05) is 46.1 Å². The minimum absolute atomic E-state index is 0. The molecule has 12 rings (SSSR count). The number of benzene rings is 4. The number of nitrogens with zero attached hydrogens (tertiary/aromatic N) is 8. The molecule has 0 aliphatic carbocycles. The van der Waals surface area contributed by atoms with Crippen LogP contribution >= 0.6 is 0 Å². The molecule has 0 radical (unpaired) electrons. The first-order chi connectivity index (χ1) is 43.2. The molecule has 4 aliphatic rings. The molecule has 2 fully saturated rings. The zero-order chi connectivity index (χ0) is 64.1. The van der Waals surface area contributed by atoms with Crippen molar-refractivity contribution in [3.63, 3.8) is 0 Å². The van der Waals surface area contributed by atoms with Gasteiger partial charge in [-0.15, -0.1) is 0 Å². The maximum absolute atomic E-state index is 14.0. The Kier molecular flexibility index (Phi) is 25.1. The van der Waals surface area contributed by atoms with E-state index in [1.807, 2.05) is 62.3 Å². The van der Waals surface area contributed by atoms with Crippen LogP contribution in [0, 0.1) is 25.1 Å². The minimum atomic E-state index is -4.95. The third-order valence-corrected chi connectivity index (χ3v) is 15.0. The Hall–Kier alpha value is -8.22. The second kappa shape index (κ2) is 32.4. The van der Waals surface area contributed by atoms with E-state index in [9.17, 15) is 45.8 Å². The van der Waals surface area contributed by atoms with Crippen LogP contribution in [0.5, 0.6) is 11.5 Å². The fourth-order valence-corrected chi connectivity index (χ4v) is 10.7. The van der Waals surface area contributed by atoms with Gasteiger partial charge in [0.25, 0.3) is 0 Å². The molecular formula is C66H69BF6N9NaO9. The quantitative estimate of drug-likeness (QED) is 0.0603. The fraction of sp³-hybridized carbons (Fsp3) is 0.333. The topological polar surface area (TPSA) is 218 Å². The van der Waals surface area contributed by atoms with E-state index in [1.54, 1.807) is 24.3 Å². The molecule has 2 saturated heterocycles. The number of esters is 1. The summed E-state index contributed by atoms with van der Waals surface area (Å²) in [5.41, 5.74) is 6.87. The van der Waals surface area contributed by atoms with Crippen LogP contribution in [0.2, 0.25) is 0 Å². The Morgan fingerprint density at radius 2 is 1.27 bits per heavy atom. The molecular weight excluding hydrogens is 1210 g/mol. The molecule has 92 heavy (non-hydrogen) atoms. The fourth-order valence-electron chi connectivity index (χ4n) is 10.7. The number of pyridine rings is 2. The number of hydrogen-bond donors (Lipinski definition) is 2. The van der Waals surface area contributed by atoms with Gasteiger partial charge in [0.15, 0.2) is 28.8 Å². The molecule has 0 amide bonds. The molecule has 2 N–H and O–H groups in total. The maximum atomic E-state index is 14.0. The number of carbonyl (C=O) groups is 3. The Labute approximate surface area is 551 Å². The van der Waals surface area contributed by atoms with Gasteiger partial charge in [-0.05, 0) is 128 Å². The van der Waals surface area contributed by atoms with Gasteiger partial charge >= 0.3 is 53.8 Å². The van der Waals surface area contributed by atoms with Crippen molar-refractivity contribution in [3.8, 4) is 51.6 Å². The number of carboxylic acid groups (broad SMARTS) is 1. The number of alkyl halides is 6. The molecule has 0 bridgehead atoms. The van der Waals surface area contributed by atoms with Gasteiger partial charge < -0.3 is 34.1 Å². The predicted molar refractivity (Wildman–Crippen MR) is 329 cm³/mol. The zero-order valence-corrected chi connectivity index (χ0v) is 51.8. The van der Waals surface area contributed by atoms with Crippen molar-refractivity contribution in [3.05, 3.63) is 189 Å². The molecule has 18 nitrogen and oxygen atoms in total. The van der Waals surface area contributed by atoms with Crippen LogP contribution in [-0.4, -0.2) is 117 Å². The van der Waals surface area contributed by atoms with Gasteiger partial charge in [0, 0.05) is 49.8 Å². The van der Waals surface area contributed by atoms with Crippen molar-refractivity contribution < 1.29 is 99.1 Å².